The molecule has 0 saturated heterocycles. The molecule has 0 bridgehead atoms. The van der Waals surface area contributed by atoms with E-state index in [1.165, 1.54) is 70.6 Å². The number of hydrogen-bond donors (Lipinski definition) is 0. The molecule has 6 heteroatoms. The summed E-state index contributed by atoms with van der Waals surface area (Å²) < 4.78 is 16.8. The number of allylic oxidation sites excluding steroid dienone is 20. The van der Waals surface area contributed by atoms with E-state index in [4.69, 9.17) is 14.2 Å². The Balaban J connectivity index is 4.53. The number of unbranched alkanes of at least 4 members (excludes halogenated alkanes) is 20. The summed E-state index contributed by atoms with van der Waals surface area (Å²) in [5.41, 5.74) is 0. The molecule has 1 unspecified atom stereocenters. The van der Waals surface area contributed by atoms with E-state index < -0.39 is 6.10 Å². The van der Waals surface area contributed by atoms with E-state index in [1.54, 1.807) is 0 Å². The van der Waals surface area contributed by atoms with Gasteiger partial charge in [0, 0.05) is 19.3 Å². The molecule has 0 amide bonds. The van der Waals surface area contributed by atoms with Crippen LogP contribution < -0.4 is 0 Å². The predicted octanol–water partition coefficient (Wildman–Crippen LogP) is 17.3. The van der Waals surface area contributed by atoms with Crippen molar-refractivity contribution in [2.24, 2.45) is 0 Å². The van der Waals surface area contributed by atoms with Crippen molar-refractivity contribution in [3.8, 4) is 0 Å². The molecule has 0 heterocycles. The molecule has 0 aromatic rings. The first-order valence-corrected chi connectivity index (χ1v) is 26.1. The van der Waals surface area contributed by atoms with Crippen molar-refractivity contribution in [2.45, 2.75) is 219 Å². The van der Waals surface area contributed by atoms with E-state index in [0.29, 0.717) is 12.8 Å². The topological polar surface area (TPSA) is 78.9 Å². The number of carbonyl (C=O) groups is 3. The number of esters is 3. The van der Waals surface area contributed by atoms with Gasteiger partial charge in [-0.25, -0.2) is 0 Å². The molecule has 1 atom stereocenters. The second-order valence-electron chi connectivity index (χ2n) is 16.9. The summed E-state index contributed by atoms with van der Waals surface area (Å²) in [5.74, 6) is -0.978. The van der Waals surface area contributed by atoms with E-state index in [9.17, 15) is 14.4 Å². The third-order valence-electron chi connectivity index (χ3n) is 10.7. The van der Waals surface area contributed by atoms with Crippen LogP contribution in [-0.2, 0) is 28.6 Å². The summed E-state index contributed by atoms with van der Waals surface area (Å²) in [6.45, 7) is 6.31. The van der Waals surface area contributed by atoms with Gasteiger partial charge < -0.3 is 14.2 Å². The van der Waals surface area contributed by atoms with Gasteiger partial charge in [-0.3, -0.25) is 14.4 Å². The summed E-state index contributed by atoms with van der Waals surface area (Å²) in [6, 6.07) is 0. The summed E-state index contributed by atoms with van der Waals surface area (Å²) in [6.07, 6.45) is 71.7. The van der Waals surface area contributed by atoms with Crippen LogP contribution in [0.3, 0.4) is 0 Å². The van der Waals surface area contributed by atoms with Crippen molar-refractivity contribution in [3.63, 3.8) is 0 Å². The van der Waals surface area contributed by atoms with Crippen LogP contribution in [0.2, 0.25) is 0 Å². The Hall–Kier alpha value is -4.19. The minimum atomic E-state index is -0.810. The highest BCUT2D eigenvalue weighted by molar-refractivity contribution is 5.71. The molecule has 0 rings (SSSR count). The van der Waals surface area contributed by atoms with Crippen LogP contribution in [0.5, 0.6) is 0 Å². The normalized spacial score (nSPS) is 13.1. The molecule has 0 aromatic carbocycles. The molecule has 0 spiro atoms. The van der Waals surface area contributed by atoms with Gasteiger partial charge in [0.1, 0.15) is 13.2 Å². The minimum absolute atomic E-state index is 0.104. The van der Waals surface area contributed by atoms with Crippen molar-refractivity contribution in [1.29, 1.82) is 0 Å². The minimum Gasteiger partial charge on any atom is -0.462 e. The molecule has 0 N–H and O–H groups in total. The summed E-state index contributed by atoms with van der Waals surface area (Å²) >= 11 is 0. The molecule has 0 aliphatic rings. The molecule has 366 valence electrons. The van der Waals surface area contributed by atoms with E-state index in [1.807, 2.05) is 72.9 Å². The average Bonchev–Trinajstić information content (AvgIpc) is 3.30. The van der Waals surface area contributed by atoms with Crippen molar-refractivity contribution in [2.75, 3.05) is 13.2 Å². The Kier molecular flexibility index (Phi) is 49.1. The quantitative estimate of drug-likeness (QED) is 0.0199. The summed E-state index contributed by atoms with van der Waals surface area (Å²) in [5, 5.41) is 0. The Morgan fingerprint density at radius 1 is 0.338 bits per heavy atom. The van der Waals surface area contributed by atoms with Gasteiger partial charge in [0.2, 0.25) is 0 Å². The molecular formula is C59H94O6. The molecule has 0 aliphatic heterocycles. The number of hydrogen-bond acceptors (Lipinski definition) is 6. The van der Waals surface area contributed by atoms with Gasteiger partial charge in [0.15, 0.2) is 6.10 Å². The molecule has 0 radical (unpaired) electrons. The lowest BCUT2D eigenvalue weighted by Gasteiger charge is -2.18. The third kappa shape index (κ3) is 50.7. The van der Waals surface area contributed by atoms with Gasteiger partial charge in [-0.1, -0.05) is 245 Å². The SMILES string of the molecule is CC\C=C/C=C\C=C/C=C\C=C\C=C/C=C\CCCCCC(=O)OCC(COC(=O)CCCCCCCCCCCCCCCC)OC(=O)CCCCCC/C=C\C/C=C\C/C=C\CC. The molecule has 65 heavy (non-hydrogen) atoms. The lowest BCUT2D eigenvalue weighted by Crippen LogP contribution is -2.30. The maximum atomic E-state index is 12.8. The number of ether oxygens (including phenoxy) is 3. The zero-order valence-electron chi connectivity index (χ0n) is 41.7. The second-order valence-corrected chi connectivity index (χ2v) is 16.9. The van der Waals surface area contributed by atoms with Crippen molar-refractivity contribution < 1.29 is 28.6 Å². The molecule has 0 aliphatic carbocycles. The van der Waals surface area contributed by atoms with Gasteiger partial charge in [0.05, 0.1) is 0 Å². The van der Waals surface area contributed by atoms with Gasteiger partial charge in [0.25, 0.3) is 0 Å². The highest BCUT2D eigenvalue weighted by atomic mass is 16.6. The first-order chi connectivity index (χ1) is 32.0. The zero-order chi connectivity index (χ0) is 47.2. The maximum Gasteiger partial charge on any atom is 0.306 e. The van der Waals surface area contributed by atoms with Crippen LogP contribution in [-0.4, -0.2) is 37.2 Å². The van der Waals surface area contributed by atoms with Crippen LogP contribution in [0.4, 0.5) is 0 Å². The number of rotatable bonds is 45. The van der Waals surface area contributed by atoms with Crippen LogP contribution in [0.15, 0.2) is 122 Å². The van der Waals surface area contributed by atoms with Crippen LogP contribution in [0.25, 0.3) is 0 Å². The van der Waals surface area contributed by atoms with Gasteiger partial charge in [-0.2, -0.15) is 0 Å². The maximum absolute atomic E-state index is 12.8. The number of carbonyl (C=O) groups excluding carboxylic acids is 3. The zero-order valence-corrected chi connectivity index (χ0v) is 41.7. The summed E-state index contributed by atoms with van der Waals surface area (Å²) in [4.78, 5) is 38.0. The predicted molar refractivity (Wildman–Crippen MR) is 279 cm³/mol. The van der Waals surface area contributed by atoms with E-state index in [0.717, 1.165) is 103 Å². The first kappa shape index (κ1) is 60.8. The van der Waals surface area contributed by atoms with E-state index >= 15 is 0 Å². The second kappa shape index (κ2) is 52.4. The summed E-state index contributed by atoms with van der Waals surface area (Å²) in [7, 11) is 0. The van der Waals surface area contributed by atoms with E-state index in [2.05, 4.69) is 69.4 Å². The van der Waals surface area contributed by atoms with Crippen molar-refractivity contribution in [3.05, 3.63) is 122 Å². The van der Waals surface area contributed by atoms with Gasteiger partial charge in [-0.15, -0.1) is 0 Å². The molecule has 0 aromatic heterocycles. The highest BCUT2D eigenvalue weighted by Gasteiger charge is 2.19. The van der Waals surface area contributed by atoms with Crippen LogP contribution in [0.1, 0.15) is 213 Å². The monoisotopic (exact) mass is 899 g/mol. The lowest BCUT2D eigenvalue weighted by molar-refractivity contribution is -0.167. The Morgan fingerprint density at radius 3 is 1.14 bits per heavy atom. The van der Waals surface area contributed by atoms with Crippen molar-refractivity contribution >= 4 is 17.9 Å². The fourth-order valence-corrected chi connectivity index (χ4v) is 6.79. The fourth-order valence-electron chi connectivity index (χ4n) is 6.79. The first-order valence-electron chi connectivity index (χ1n) is 26.1. The van der Waals surface area contributed by atoms with Gasteiger partial charge in [-0.05, 0) is 70.6 Å². The molecule has 0 fully saturated rings. The van der Waals surface area contributed by atoms with Crippen LogP contribution in [0, 0.1) is 0 Å². The smallest absolute Gasteiger partial charge is 0.306 e. The fraction of sp³-hybridized carbons (Fsp3) is 0.610. The van der Waals surface area contributed by atoms with Crippen molar-refractivity contribution in [1.82, 2.24) is 0 Å². The Bertz CT molecular complexity index is 1400. The van der Waals surface area contributed by atoms with Crippen LogP contribution >= 0.6 is 0 Å². The lowest BCUT2D eigenvalue weighted by atomic mass is 10.0. The van der Waals surface area contributed by atoms with Gasteiger partial charge >= 0.3 is 17.9 Å². The average molecular weight is 899 g/mol. The Morgan fingerprint density at radius 2 is 0.677 bits per heavy atom. The largest absolute Gasteiger partial charge is 0.462 e. The Labute approximate surface area is 399 Å². The molecule has 6 nitrogen and oxygen atoms in total. The third-order valence-corrected chi connectivity index (χ3v) is 10.7. The standard InChI is InChI=1S/C59H94O6/c1-4-7-10-13-16-19-22-25-28-29-30-31-32-35-37-40-43-46-49-52-58(61)64-55-56(65-59(62)53-50-47-44-41-38-34-27-24-21-18-15-12-9-6-3)54-63-57(60)51-48-45-42-39-36-33-26-23-20-17-14-11-8-5-2/h7,9-10,12-13,16,18-19,21-22,25,27-32,34-35,37,56H,4-6,8,11,14-15,17,20,23-24,26,33,36,38-55H2,1-3H3/b10-7-,12-9-,16-13-,21-18-,22-19-,28-25-,30-29+,32-31-,34-27-,37-35-. The molecular weight excluding hydrogens is 805 g/mol. The molecule has 0 saturated carbocycles. The van der Waals surface area contributed by atoms with E-state index in [-0.39, 0.29) is 37.5 Å². The highest BCUT2D eigenvalue weighted by Crippen LogP contribution is 2.14.